The maximum Gasteiger partial charge on any atom is 0.400 e. The van der Waals surface area contributed by atoms with E-state index in [0.29, 0.717) is 0 Å². The Hall–Kier alpha value is -2.01. The van der Waals surface area contributed by atoms with Gasteiger partial charge in [0.15, 0.2) is 5.15 Å². The number of amides is 1. The van der Waals surface area contributed by atoms with Gasteiger partial charge in [-0.15, -0.1) is 0 Å². The first kappa shape index (κ1) is 10.5. The standard InChI is InChI=1S/C10H7ClN2O3/c11-8-5-15-10(13-8)16-7-4-2-1-3-6(7)9(12)14/h1-5H,(H2,12,14). The highest BCUT2D eigenvalue weighted by Crippen LogP contribution is 2.25. The highest BCUT2D eigenvalue weighted by atomic mass is 35.5. The fourth-order valence-electron chi connectivity index (χ4n) is 1.14. The van der Waals surface area contributed by atoms with Gasteiger partial charge in [-0.1, -0.05) is 23.7 Å². The zero-order chi connectivity index (χ0) is 11.5. The number of carbonyl (C=O) groups is 1. The SMILES string of the molecule is NC(=O)c1ccccc1Oc1nc(Cl)co1. The molecule has 1 aromatic carbocycles. The van der Waals surface area contributed by atoms with E-state index < -0.39 is 5.91 Å². The number of ether oxygens (including phenoxy) is 1. The summed E-state index contributed by atoms with van der Waals surface area (Å²) in [5.41, 5.74) is 5.42. The second-order valence-corrected chi connectivity index (χ2v) is 3.29. The number of nitrogens with two attached hydrogens (primary N) is 1. The Morgan fingerprint density at radius 1 is 1.44 bits per heavy atom. The second-order valence-electron chi connectivity index (χ2n) is 2.90. The summed E-state index contributed by atoms with van der Waals surface area (Å²) in [4.78, 5) is 14.8. The largest absolute Gasteiger partial charge is 0.416 e. The van der Waals surface area contributed by atoms with Gasteiger partial charge in [0.05, 0.1) is 5.56 Å². The van der Waals surface area contributed by atoms with Crippen LogP contribution in [0.5, 0.6) is 11.8 Å². The molecule has 1 aromatic heterocycles. The van der Waals surface area contributed by atoms with Gasteiger partial charge in [0.25, 0.3) is 5.91 Å². The molecule has 0 spiro atoms. The molecule has 2 aromatic rings. The monoisotopic (exact) mass is 238 g/mol. The van der Waals surface area contributed by atoms with Crippen LogP contribution in [-0.4, -0.2) is 10.9 Å². The number of carbonyl (C=O) groups excluding carboxylic acids is 1. The van der Waals surface area contributed by atoms with Crippen molar-refractivity contribution in [3.8, 4) is 11.8 Å². The topological polar surface area (TPSA) is 78.4 Å². The van der Waals surface area contributed by atoms with Crippen LogP contribution < -0.4 is 10.5 Å². The number of oxazole rings is 1. The van der Waals surface area contributed by atoms with Crippen LogP contribution in [0.1, 0.15) is 10.4 Å². The first-order chi connectivity index (χ1) is 7.66. The van der Waals surface area contributed by atoms with Gasteiger partial charge in [-0.05, 0) is 12.1 Å². The molecule has 0 aliphatic rings. The lowest BCUT2D eigenvalue weighted by molar-refractivity contribution is 0.0997. The van der Waals surface area contributed by atoms with Crippen molar-refractivity contribution in [1.29, 1.82) is 0 Å². The molecule has 0 bridgehead atoms. The van der Waals surface area contributed by atoms with Crippen molar-refractivity contribution in [2.24, 2.45) is 5.73 Å². The molecular weight excluding hydrogens is 232 g/mol. The molecule has 0 aliphatic heterocycles. The van der Waals surface area contributed by atoms with Gasteiger partial charge >= 0.3 is 6.08 Å². The summed E-state index contributed by atoms with van der Waals surface area (Å²) in [6.45, 7) is 0. The Morgan fingerprint density at radius 2 is 2.19 bits per heavy atom. The van der Waals surface area contributed by atoms with Crippen molar-refractivity contribution in [2.45, 2.75) is 0 Å². The Morgan fingerprint density at radius 3 is 2.81 bits per heavy atom. The zero-order valence-electron chi connectivity index (χ0n) is 8.01. The molecule has 0 radical (unpaired) electrons. The van der Waals surface area contributed by atoms with Gasteiger partial charge in [0, 0.05) is 0 Å². The molecule has 0 unspecified atom stereocenters. The lowest BCUT2D eigenvalue weighted by atomic mass is 10.2. The molecule has 2 rings (SSSR count). The number of para-hydroxylation sites is 1. The van der Waals surface area contributed by atoms with E-state index in [2.05, 4.69) is 4.98 Å². The van der Waals surface area contributed by atoms with Crippen LogP contribution in [0, 0.1) is 0 Å². The molecule has 82 valence electrons. The van der Waals surface area contributed by atoms with Crippen LogP contribution in [0.2, 0.25) is 5.15 Å². The quantitative estimate of drug-likeness (QED) is 0.889. The molecule has 2 N–H and O–H groups in total. The number of benzene rings is 1. The van der Waals surface area contributed by atoms with Crippen molar-refractivity contribution in [3.63, 3.8) is 0 Å². The average Bonchev–Trinajstić information content (AvgIpc) is 2.64. The molecule has 0 atom stereocenters. The van der Waals surface area contributed by atoms with Crippen molar-refractivity contribution >= 4 is 17.5 Å². The minimum atomic E-state index is -0.590. The maximum absolute atomic E-state index is 11.1. The molecular formula is C10H7ClN2O3. The number of primary amides is 1. The fraction of sp³-hybridized carbons (Fsp3) is 0. The number of aromatic nitrogens is 1. The summed E-state index contributed by atoms with van der Waals surface area (Å²) >= 11 is 5.55. The third-order valence-corrected chi connectivity index (χ3v) is 1.98. The minimum Gasteiger partial charge on any atom is -0.416 e. The summed E-state index contributed by atoms with van der Waals surface area (Å²) < 4.78 is 10.1. The van der Waals surface area contributed by atoms with Crippen molar-refractivity contribution in [3.05, 3.63) is 41.2 Å². The molecule has 16 heavy (non-hydrogen) atoms. The summed E-state index contributed by atoms with van der Waals surface area (Å²) in [5.74, 6) is -0.318. The Kier molecular flexibility index (Phi) is 2.78. The van der Waals surface area contributed by atoms with Crippen molar-refractivity contribution in [1.82, 2.24) is 4.98 Å². The van der Waals surface area contributed by atoms with Crippen molar-refractivity contribution in [2.75, 3.05) is 0 Å². The summed E-state index contributed by atoms with van der Waals surface area (Å²) in [6.07, 6.45) is 1.18. The lowest BCUT2D eigenvalue weighted by Gasteiger charge is -2.04. The fourth-order valence-corrected chi connectivity index (χ4v) is 1.25. The van der Waals surface area contributed by atoms with Gasteiger partial charge in [-0.3, -0.25) is 4.79 Å². The number of hydrogen-bond donors (Lipinski definition) is 1. The molecule has 1 amide bonds. The Balaban J connectivity index is 2.31. The summed E-state index contributed by atoms with van der Waals surface area (Å²) in [5, 5.41) is 0.173. The molecule has 1 heterocycles. The predicted octanol–water partition coefficient (Wildman–Crippen LogP) is 2.22. The normalized spacial score (nSPS) is 10.1. The van der Waals surface area contributed by atoms with Crippen LogP contribution in [0.4, 0.5) is 0 Å². The highest BCUT2D eigenvalue weighted by molar-refractivity contribution is 6.29. The lowest BCUT2D eigenvalue weighted by Crippen LogP contribution is -2.11. The number of rotatable bonds is 3. The summed E-state index contributed by atoms with van der Waals surface area (Å²) in [7, 11) is 0. The number of halogens is 1. The van der Waals surface area contributed by atoms with E-state index in [1.807, 2.05) is 0 Å². The van der Waals surface area contributed by atoms with E-state index in [1.165, 1.54) is 6.26 Å². The molecule has 0 fully saturated rings. The van der Waals surface area contributed by atoms with Gasteiger partial charge in [-0.25, -0.2) is 0 Å². The molecule has 0 aliphatic carbocycles. The van der Waals surface area contributed by atoms with E-state index in [-0.39, 0.29) is 22.5 Å². The van der Waals surface area contributed by atoms with Gasteiger partial charge in [0.2, 0.25) is 0 Å². The Labute approximate surface area is 95.8 Å². The smallest absolute Gasteiger partial charge is 0.400 e. The van der Waals surface area contributed by atoms with E-state index in [4.69, 9.17) is 26.5 Å². The van der Waals surface area contributed by atoms with Crippen LogP contribution >= 0.6 is 11.6 Å². The van der Waals surface area contributed by atoms with Crippen molar-refractivity contribution < 1.29 is 13.9 Å². The van der Waals surface area contributed by atoms with Gasteiger partial charge in [-0.2, -0.15) is 4.98 Å². The number of nitrogens with zero attached hydrogens (tertiary/aromatic N) is 1. The molecule has 0 saturated carbocycles. The van der Waals surface area contributed by atoms with Crippen LogP contribution in [0.3, 0.4) is 0 Å². The van der Waals surface area contributed by atoms with E-state index in [9.17, 15) is 4.79 Å². The highest BCUT2D eigenvalue weighted by Gasteiger charge is 2.11. The van der Waals surface area contributed by atoms with Gasteiger partial charge in [0.1, 0.15) is 12.0 Å². The molecule has 6 heteroatoms. The predicted molar refractivity (Wildman–Crippen MR) is 56.5 cm³/mol. The van der Waals surface area contributed by atoms with E-state index >= 15 is 0 Å². The second kappa shape index (κ2) is 4.24. The third kappa shape index (κ3) is 2.14. The third-order valence-electron chi connectivity index (χ3n) is 1.80. The van der Waals surface area contributed by atoms with E-state index in [1.54, 1.807) is 24.3 Å². The minimum absolute atomic E-state index is 0.0429. The summed E-state index contributed by atoms with van der Waals surface area (Å²) in [6, 6.07) is 6.50. The Bertz CT molecular complexity index is 524. The van der Waals surface area contributed by atoms with Crippen LogP contribution in [0.25, 0.3) is 0 Å². The molecule has 0 saturated heterocycles. The maximum atomic E-state index is 11.1. The van der Waals surface area contributed by atoms with Crippen LogP contribution in [0.15, 0.2) is 34.9 Å². The van der Waals surface area contributed by atoms with Gasteiger partial charge < -0.3 is 14.9 Å². The van der Waals surface area contributed by atoms with Crippen LogP contribution in [-0.2, 0) is 0 Å². The average molecular weight is 239 g/mol. The zero-order valence-corrected chi connectivity index (χ0v) is 8.77. The number of hydrogen-bond acceptors (Lipinski definition) is 4. The van der Waals surface area contributed by atoms with E-state index in [0.717, 1.165) is 0 Å². The molecule has 5 nitrogen and oxygen atoms in total. The first-order valence-electron chi connectivity index (χ1n) is 4.34. The first-order valence-corrected chi connectivity index (χ1v) is 4.72.